The Morgan fingerprint density at radius 1 is 1.21 bits per heavy atom. The molecule has 1 aromatic heterocycles. The predicted octanol–water partition coefficient (Wildman–Crippen LogP) is 2.29. The number of hydrogen-bond donors (Lipinski definition) is 1. The first-order chi connectivity index (χ1) is 9.31. The highest BCUT2D eigenvalue weighted by molar-refractivity contribution is 5.82. The van der Waals surface area contributed by atoms with Crippen LogP contribution in [0.25, 0.3) is 10.9 Å². The van der Waals surface area contributed by atoms with Crippen LogP contribution < -0.4 is 10.5 Å². The second kappa shape index (κ2) is 5.45. The third-order valence-electron chi connectivity index (χ3n) is 3.55. The van der Waals surface area contributed by atoms with Gasteiger partial charge in [-0.3, -0.25) is 9.88 Å². The number of benzene rings is 1. The van der Waals surface area contributed by atoms with E-state index in [-0.39, 0.29) is 0 Å². The maximum Gasteiger partial charge on any atom is 0.120 e. The number of hydrogen-bond acceptors (Lipinski definition) is 4. The number of anilines is 1. The summed E-state index contributed by atoms with van der Waals surface area (Å²) in [7, 11) is 0. The molecule has 3 rings (SSSR count). The van der Waals surface area contributed by atoms with Gasteiger partial charge in [-0.05, 0) is 50.2 Å². The molecule has 4 heteroatoms. The van der Waals surface area contributed by atoms with E-state index in [1.807, 2.05) is 24.3 Å². The Kier molecular flexibility index (Phi) is 3.51. The maximum absolute atomic E-state index is 5.81. The van der Waals surface area contributed by atoms with E-state index in [4.69, 9.17) is 10.5 Å². The van der Waals surface area contributed by atoms with Gasteiger partial charge in [0.2, 0.25) is 0 Å². The van der Waals surface area contributed by atoms with Crippen LogP contribution in [0.2, 0.25) is 0 Å². The van der Waals surface area contributed by atoms with Crippen molar-refractivity contribution in [3.8, 4) is 5.75 Å². The van der Waals surface area contributed by atoms with Gasteiger partial charge in [0.05, 0.1) is 17.4 Å². The third kappa shape index (κ3) is 2.96. The van der Waals surface area contributed by atoms with Gasteiger partial charge in [-0.2, -0.15) is 0 Å². The normalized spacial score (nSPS) is 16.0. The summed E-state index contributed by atoms with van der Waals surface area (Å²) in [6, 6.07) is 7.87. The molecule has 4 nitrogen and oxygen atoms in total. The van der Waals surface area contributed by atoms with Gasteiger partial charge >= 0.3 is 0 Å². The minimum atomic E-state index is 0.682. The highest BCUT2D eigenvalue weighted by Gasteiger charge is 2.10. The fourth-order valence-electron chi connectivity index (χ4n) is 2.52. The molecule has 0 spiro atoms. The molecule has 1 saturated heterocycles. The highest BCUT2D eigenvalue weighted by atomic mass is 16.5. The molecule has 2 N–H and O–H groups in total. The molecule has 0 radical (unpaired) electrons. The molecule has 0 aliphatic carbocycles. The van der Waals surface area contributed by atoms with Gasteiger partial charge in [-0.1, -0.05) is 0 Å². The lowest BCUT2D eigenvalue weighted by molar-refractivity contribution is 0.238. The topological polar surface area (TPSA) is 51.4 Å². The van der Waals surface area contributed by atoms with Gasteiger partial charge in [0.1, 0.15) is 12.4 Å². The Bertz CT molecular complexity index is 564. The zero-order valence-electron chi connectivity index (χ0n) is 11.0. The van der Waals surface area contributed by atoms with Gasteiger partial charge in [-0.15, -0.1) is 0 Å². The van der Waals surface area contributed by atoms with Crippen LogP contribution >= 0.6 is 0 Å². The lowest BCUT2D eigenvalue weighted by Crippen LogP contribution is -2.25. The highest BCUT2D eigenvalue weighted by Crippen LogP contribution is 2.21. The summed E-state index contributed by atoms with van der Waals surface area (Å²) < 4.78 is 5.81. The minimum Gasteiger partial charge on any atom is -0.492 e. The number of aromatic nitrogens is 1. The van der Waals surface area contributed by atoms with E-state index in [2.05, 4.69) is 9.88 Å². The van der Waals surface area contributed by atoms with Crippen LogP contribution in [0.4, 0.5) is 5.69 Å². The second-order valence-corrected chi connectivity index (χ2v) is 5.02. The monoisotopic (exact) mass is 257 g/mol. The third-order valence-corrected chi connectivity index (χ3v) is 3.55. The van der Waals surface area contributed by atoms with Gasteiger partial charge in [0.15, 0.2) is 0 Å². The summed E-state index contributed by atoms with van der Waals surface area (Å²) in [6.45, 7) is 4.16. The summed E-state index contributed by atoms with van der Waals surface area (Å²) in [4.78, 5) is 6.72. The van der Waals surface area contributed by atoms with E-state index in [1.165, 1.54) is 25.9 Å². The molecular formula is C15H19N3O. The van der Waals surface area contributed by atoms with Crippen molar-refractivity contribution in [1.82, 2.24) is 9.88 Å². The first kappa shape index (κ1) is 12.2. The van der Waals surface area contributed by atoms with Gasteiger partial charge < -0.3 is 10.5 Å². The van der Waals surface area contributed by atoms with Crippen molar-refractivity contribution in [1.29, 1.82) is 0 Å². The number of pyridine rings is 1. The van der Waals surface area contributed by atoms with E-state index in [0.29, 0.717) is 5.69 Å². The van der Waals surface area contributed by atoms with E-state index in [9.17, 15) is 0 Å². The van der Waals surface area contributed by atoms with Crippen molar-refractivity contribution in [3.63, 3.8) is 0 Å². The van der Waals surface area contributed by atoms with Crippen LogP contribution in [0.1, 0.15) is 12.8 Å². The quantitative estimate of drug-likeness (QED) is 0.913. The van der Waals surface area contributed by atoms with Crippen LogP contribution in [0.15, 0.2) is 30.5 Å². The van der Waals surface area contributed by atoms with Crippen molar-refractivity contribution < 1.29 is 4.74 Å². The molecule has 19 heavy (non-hydrogen) atoms. The summed E-state index contributed by atoms with van der Waals surface area (Å²) in [5.74, 6) is 0.888. The summed E-state index contributed by atoms with van der Waals surface area (Å²) in [5.41, 5.74) is 7.37. The molecule has 1 aliphatic heterocycles. The molecule has 1 fully saturated rings. The van der Waals surface area contributed by atoms with Crippen molar-refractivity contribution in [2.45, 2.75) is 12.8 Å². The van der Waals surface area contributed by atoms with Crippen LogP contribution in [-0.2, 0) is 0 Å². The first-order valence-electron chi connectivity index (χ1n) is 6.82. The van der Waals surface area contributed by atoms with E-state index in [0.717, 1.165) is 29.8 Å². The Balaban J connectivity index is 1.63. The molecule has 2 aromatic rings. The number of fused-ring (bicyclic) bond motifs is 1. The fraction of sp³-hybridized carbons (Fsp3) is 0.400. The van der Waals surface area contributed by atoms with E-state index < -0.39 is 0 Å². The van der Waals surface area contributed by atoms with Gasteiger partial charge in [0.25, 0.3) is 0 Å². The van der Waals surface area contributed by atoms with Gasteiger partial charge in [-0.25, -0.2) is 0 Å². The Labute approximate surface area is 113 Å². The van der Waals surface area contributed by atoms with Crippen molar-refractivity contribution in [2.75, 3.05) is 32.0 Å². The summed E-state index contributed by atoms with van der Waals surface area (Å²) >= 11 is 0. The molecule has 0 amide bonds. The average molecular weight is 257 g/mol. The fourth-order valence-corrected chi connectivity index (χ4v) is 2.52. The van der Waals surface area contributed by atoms with Crippen molar-refractivity contribution in [3.05, 3.63) is 30.5 Å². The zero-order valence-corrected chi connectivity index (χ0v) is 11.0. The number of likely N-dealkylation sites (tertiary alicyclic amines) is 1. The van der Waals surface area contributed by atoms with E-state index in [1.54, 1.807) is 6.20 Å². The molecule has 1 aromatic carbocycles. The smallest absolute Gasteiger partial charge is 0.120 e. The molecule has 0 saturated carbocycles. The summed E-state index contributed by atoms with van der Waals surface area (Å²) in [6.07, 6.45) is 4.32. The number of nitrogens with two attached hydrogens (primary N) is 1. The molecule has 0 bridgehead atoms. The molecule has 100 valence electrons. The molecular weight excluding hydrogens is 238 g/mol. The summed E-state index contributed by atoms with van der Waals surface area (Å²) in [5, 5.41) is 1.03. The van der Waals surface area contributed by atoms with Crippen LogP contribution in [0.5, 0.6) is 5.75 Å². The maximum atomic E-state index is 5.81. The van der Waals surface area contributed by atoms with Crippen molar-refractivity contribution in [2.24, 2.45) is 0 Å². The number of nitrogen functional groups attached to an aromatic ring is 1. The average Bonchev–Trinajstić information content (AvgIpc) is 2.91. The van der Waals surface area contributed by atoms with Gasteiger partial charge in [0, 0.05) is 11.9 Å². The lowest BCUT2D eigenvalue weighted by Gasteiger charge is -2.15. The zero-order chi connectivity index (χ0) is 13.1. The predicted molar refractivity (Wildman–Crippen MR) is 77.3 cm³/mol. The Hall–Kier alpha value is -1.81. The molecule has 0 unspecified atom stereocenters. The van der Waals surface area contributed by atoms with Crippen molar-refractivity contribution >= 4 is 16.6 Å². The second-order valence-electron chi connectivity index (χ2n) is 5.02. The number of ether oxygens (including phenoxy) is 1. The lowest BCUT2D eigenvalue weighted by atomic mass is 10.2. The molecule has 1 aliphatic rings. The van der Waals surface area contributed by atoms with E-state index >= 15 is 0 Å². The SMILES string of the molecule is Nc1cnc2ccc(OCCN3CCCC3)cc2c1. The Morgan fingerprint density at radius 3 is 2.89 bits per heavy atom. The molecule has 2 heterocycles. The van der Waals surface area contributed by atoms with Crippen LogP contribution in [-0.4, -0.2) is 36.1 Å². The molecule has 0 atom stereocenters. The largest absolute Gasteiger partial charge is 0.492 e. The number of nitrogens with zero attached hydrogens (tertiary/aromatic N) is 2. The number of rotatable bonds is 4. The standard InChI is InChI=1S/C15H19N3O/c16-13-9-12-10-14(3-4-15(12)17-11-13)19-8-7-18-5-1-2-6-18/h3-4,9-11H,1-2,5-8,16H2. The first-order valence-corrected chi connectivity index (χ1v) is 6.82. The minimum absolute atomic E-state index is 0.682. The Morgan fingerprint density at radius 2 is 2.05 bits per heavy atom. The van der Waals surface area contributed by atoms with Crippen LogP contribution in [0, 0.1) is 0 Å². The van der Waals surface area contributed by atoms with Crippen LogP contribution in [0.3, 0.4) is 0 Å².